The number of fused-ring (bicyclic) bond motifs is 1. The van der Waals surface area contributed by atoms with E-state index in [0.717, 1.165) is 28.8 Å². The van der Waals surface area contributed by atoms with Gasteiger partial charge in [-0.05, 0) is 43.5 Å². The molecule has 2 aromatic rings. The van der Waals surface area contributed by atoms with Crippen LogP contribution in [-0.4, -0.2) is 12.5 Å². The van der Waals surface area contributed by atoms with Gasteiger partial charge in [0.15, 0.2) is 0 Å². The van der Waals surface area contributed by atoms with E-state index in [1.807, 2.05) is 55.1 Å². The molecular formula is C17H18N2O. The van der Waals surface area contributed by atoms with Crippen molar-refractivity contribution in [2.75, 3.05) is 17.2 Å². The van der Waals surface area contributed by atoms with Crippen LogP contribution in [0, 0.1) is 13.8 Å². The fraction of sp³-hybridized carbons (Fsp3) is 0.235. The zero-order chi connectivity index (χ0) is 14.3. The summed E-state index contributed by atoms with van der Waals surface area (Å²) in [7, 11) is 0. The minimum atomic E-state index is 0.0409. The number of amides is 1. The molecule has 3 rings (SSSR count). The van der Waals surface area contributed by atoms with Gasteiger partial charge < -0.3 is 10.6 Å². The molecule has 0 saturated carbocycles. The van der Waals surface area contributed by atoms with E-state index in [-0.39, 0.29) is 5.91 Å². The number of hydrogen-bond donors (Lipinski definition) is 1. The molecule has 1 heterocycles. The summed E-state index contributed by atoms with van der Waals surface area (Å²) in [5, 5.41) is 0. The first-order valence-electron chi connectivity index (χ1n) is 6.84. The van der Waals surface area contributed by atoms with Crippen LogP contribution in [0.15, 0.2) is 36.4 Å². The second kappa shape index (κ2) is 4.67. The van der Waals surface area contributed by atoms with E-state index < -0.39 is 0 Å². The lowest BCUT2D eigenvalue weighted by atomic mass is 10.0. The summed E-state index contributed by atoms with van der Waals surface area (Å²) in [5.74, 6) is 0.0409. The minimum Gasteiger partial charge on any atom is -0.397 e. The summed E-state index contributed by atoms with van der Waals surface area (Å²) in [6.07, 6.45) is 0.872. The van der Waals surface area contributed by atoms with Crippen molar-refractivity contribution in [3.63, 3.8) is 0 Å². The molecule has 0 radical (unpaired) electrons. The molecule has 0 aliphatic carbocycles. The van der Waals surface area contributed by atoms with Crippen molar-refractivity contribution in [1.29, 1.82) is 0 Å². The van der Waals surface area contributed by atoms with Crippen molar-refractivity contribution in [2.45, 2.75) is 20.3 Å². The predicted octanol–water partition coefficient (Wildman–Crippen LogP) is 3.09. The van der Waals surface area contributed by atoms with Gasteiger partial charge in [0.2, 0.25) is 0 Å². The summed E-state index contributed by atoms with van der Waals surface area (Å²) < 4.78 is 0. The molecule has 1 amide bonds. The van der Waals surface area contributed by atoms with Gasteiger partial charge in [0, 0.05) is 12.1 Å². The summed E-state index contributed by atoms with van der Waals surface area (Å²) in [6.45, 7) is 4.71. The van der Waals surface area contributed by atoms with Crippen molar-refractivity contribution in [3.8, 4) is 0 Å². The second-order valence-electron chi connectivity index (χ2n) is 5.38. The molecule has 102 valence electrons. The molecule has 20 heavy (non-hydrogen) atoms. The van der Waals surface area contributed by atoms with Crippen LogP contribution in [0.1, 0.15) is 27.0 Å². The molecule has 3 nitrogen and oxygen atoms in total. The number of benzene rings is 2. The number of anilines is 2. The summed E-state index contributed by atoms with van der Waals surface area (Å²) in [5.41, 5.74) is 11.7. The number of hydrogen-bond acceptors (Lipinski definition) is 2. The highest BCUT2D eigenvalue weighted by molar-refractivity contribution is 6.09. The van der Waals surface area contributed by atoms with E-state index >= 15 is 0 Å². The summed E-state index contributed by atoms with van der Waals surface area (Å²) >= 11 is 0. The zero-order valence-corrected chi connectivity index (χ0v) is 11.8. The van der Waals surface area contributed by atoms with Crippen molar-refractivity contribution in [3.05, 3.63) is 58.7 Å². The van der Waals surface area contributed by atoms with Gasteiger partial charge in [0.05, 0.1) is 11.4 Å². The molecule has 1 aliphatic heterocycles. The maximum absolute atomic E-state index is 12.8. The minimum absolute atomic E-state index is 0.0409. The number of para-hydroxylation sites is 1. The van der Waals surface area contributed by atoms with Gasteiger partial charge in [-0.3, -0.25) is 4.79 Å². The largest absolute Gasteiger partial charge is 0.397 e. The highest BCUT2D eigenvalue weighted by Gasteiger charge is 2.27. The van der Waals surface area contributed by atoms with Crippen LogP contribution in [0.4, 0.5) is 11.4 Å². The average molecular weight is 266 g/mol. The Labute approximate surface area is 119 Å². The van der Waals surface area contributed by atoms with E-state index in [4.69, 9.17) is 5.73 Å². The SMILES string of the molecule is Cc1ccc(C(=O)N2CCc3cccc(N)c32)c(C)c1. The van der Waals surface area contributed by atoms with E-state index in [1.54, 1.807) is 0 Å². The topological polar surface area (TPSA) is 46.3 Å². The van der Waals surface area contributed by atoms with Crippen LogP contribution in [0.5, 0.6) is 0 Å². The smallest absolute Gasteiger partial charge is 0.258 e. The first-order chi connectivity index (χ1) is 9.58. The lowest BCUT2D eigenvalue weighted by molar-refractivity contribution is 0.0989. The van der Waals surface area contributed by atoms with E-state index in [2.05, 4.69) is 0 Å². The van der Waals surface area contributed by atoms with E-state index in [9.17, 15) is 4.79 Å². The molecule has 1 aliphatic rings. The third-order valence-electron chi connectivity index (χ3n) is 3.88. The van der Waals surface area contributed by atoms with E-state index in [1.165, 1.54) is 5.56 Å². The fourth-order valence-corrected chi connectivity index (χ4v) is 2.89. The third-order valence-corrected chi connectivity index (χ3v) is 3.88. The molecule has 0 saturated heterocycles. The Morgan fingerprint density at radius 1 is 1.20 bits per heavy atom. The predicted molar refractivity (Wildman–Crippen MR) is 82.2 cm³/mol. The van der Waals surface area contributed by atoms with Gasteiger partial charge >= 0.3 is 0 Å². The Hall–Kier alpha value is -2.29. The van der Waals surface area contributed by atoms with Crippen molar-refractivity contribution in [2.24, 2.45) is 0 Å². The number of nitrogens with zero attached hydrogens (tertiary/aromatic N) is 1. The fourth-order valence-electron chi connectivity index (χ4n) is 2.89. The normalized spacial score (nSPS) is 13.4. The number of aryl methyl sites for hydroxylation is 2. The zero-order valence-electron chi connectivity index (χ0n) is 11.8. The lowest BCUT2D eigenvalue weighted by Gasteiger charge is -2.20. The van der Waals surface area contributed by atoms with Gasteiger partial charge in [0.25, 0.3) is 5.91 Å². The van der Waals surface area contributed by atoms with Crippen LogP contribution in [0.25, 0.3) is 0 Å². The molecule has 0 unspecified atom stereocenters. The molecule has 0 spiro atoms. The van der Waals surface area contributed by atoms with Crippen LogP contribution in [0.2, 0.25) is 0 Å². The monoisotopic (exact) mass is 266 g/mol. The Bertz CT molecular complexity index is 691. The van der Waals surface area contributed by atoms with Crippen LogP contribution >= 0.6 is 0 Å². The Morgan fingerprint density at radius 2 is 2.00 bits per heavy atom. The molecule has 0 aromatic heterocycles. The van der Waals surface area contributed by atoms with Gasteiger partial charge in [-0.15, -0.1) is 0 Å². The maximum Gasteiger partial charge on any atom is 0.258 e. The third kappa shape index (κ3) is 1.95. The van der Waals surface area contributed by atoms with Crippen molar-refractivity contribution in [1.82, 2.24) is 0 Å². The summed E-state index contributed by atoms with van der Waals surface area (Å²) in [6, 6.07) is 11.8. The van der Waals surface area contributed by atoms with E-state index in [0.29, 0.717) is 12.2 Å². The molecule has 0 fully saturated rings. The molecule has 3 heteroatoms. The first-order valence-corrected chi connectivity index (χ1v) is 6.84. The quantitative estimate of drug-likeness (QED) is 0.806. The summed E-state index contributed by atoms with van der Waals surface area (Å²) in [4.78, 5) is 14.6. The van der Waals surface area contributed by atoms with Crippen LogP contribution in [0.3, 0.4) is 0 Å². The van der Waals surface area contributed by atoms with Gasteiger partial charge in [0.1, 0.15) is 0 Å². The van der Waals surface area contributed by atoms with Crippen molar-refractivity contribution < 1.29 is 4.79 Å². The van der Waals surface area contributed by atoms with Crippen LogP contribution < -0.4 is 10.6 Å². The van der Waals surface area contributed by atoms with Gasteiger partial charge in [-0.2, -0.15) is 0 Å². The molecule has 0 atom stereocenters. The average Bonchev–Trinajstić information content (AvgIpc) is 2.83. The number of rotatable bonds is 1. The molecule has 2 N–H and O–H groups in total. The first kappa shape index (κ1) is 12.7. The maximum atomic E-state index is 12.8. The van der Waals surface area contributed by atoms with Gasteiger partial charge in [-0.25, -0.2) is 0 Å². The van der Waals surface area contributed by atoms with Crippen molar-refractivity contribution >= 4 is 17.3 Å². The Balaban J connectivity index is 2.02. The number of nitrogen functional groups attached to an aromatic ring is 1. The van der Waals surface area contributed by atoms with Crippen LogP contribution in [-0.2, 0) is 6.42 Å². The highest BCUT2D eigenvalue weighted by Crippen LogP contribution is 2.34. The number of carbonyl (C=O) groups excluding carboxylic acids is 1. The number of nitrogens with two attached hydrogens (primary N) is 1. The second-order valence-corrected chi connectivity index (χ2v) is 5.38. The lowest BCUT2D eigenvalue weighted by Crippen LogP contribution is -2.30. The molecule has 2 aromatic carbocycles. The Morgan fingerprint density at radius 3 is 2.75 bits per heavy atom. The number of carbonyl (C=O) groups is 1. The molecular weight excluding hydrogens is 248 g/mol. The highest BCUT2D eigenvalue weighted by atomic mass is 16.2. The standard InChI is InChI=1S/C17H18N2O/c1-11-6-7-14(12(2)10-11)17(20)19-9-8-13-4-3-5-15(18)16(13)19/h3-7,10H,8-9,18H2,1-2H3. The Kier molecular flexibility index (Phi) is 2.97. The van der Waals surface area contributed by atoms with Gasteiger partial charge in [-0.1, -0.05) is 29.8 Å². The molecule has 0 bridgehead atoms.